The first kappa shape index (κ1) is 14.3. The van der Waals surface area contributed by atoms with E-state index in [1.54, 1.807) is 18.2 Å². The van der Waals surface area contributed by atoms with Crippen molar-refractivity contribution in [2.45, 2.75) is 0 Å². The molecule has 0 fully saturated rings. The number of carboxylic acid groups (broad SMARTS) is 1. The summed E-state index contributed by atoms with van der Waals surface area (Å²) in [7, 11) is 1.48. The highest BCUT2D eigenvalue weighted by molar-refractivity contribution is 9.10. The molecular weight excluding hydrogens is 329 g/mol. The predicted octanol–water partition coefficient (Wildman–Crippen LogP) is 4.04. The van der Waals surface area contributed by atoms with Gasteiger partial charge in [-0.05, 0) is 30.3 Å². The number of hydrogen-bond donors (Lipinski definition) is 2. The summed E-state index contributed by atoms with van der Waals surface area (Å²) < 4.78 is 19.8. The van der Waals surface area contributed by atoms with Crippen LogP contribution in [0.1, 0.15) is 10.4 Å². The maximum atomic E-state index is 13.9. The van der Waals surface area contributed by atoms with Crippen LogP contribution < -0.4 is 10.1 Å². The zero-order chi connectivity index (χ0) is 14.7. The van der Waals surface area contributed by atoms with Gasteiger partial charge in [0.25, 0.3) is 0 Å². The minimum atomic E-state index is -1.21. The Labute approximate surface area is 123 Å². The highest BCUT2D eigenvalue weighted by Crippen LogP contribution is 2.32. The number of anilines is 2. The summed E-state index contributed by atoms with van der Waals surface area (Å²) in [5.74, 6) is -1.37. The van der Waals surface area contributed by atoms with E-state index in [9.17, 15) is 9.18 Å². The average Bonchev–Trinajstić information content (AvgIpc) is 2.41. The molecule has 2 rings (SSSR count). The van der Waals surface area contributed by atoms with Crippen LogP contribution in [0.4, 0.5) is 15.8 Å². The second kappa shape index (κ2) is 5.92. The van der Waals surface area contributed by atoms with Crippen molar-refractivity contribution in [3.05, 3.63) is 52.3 Å². The molecule has 0 aliphatic carbocycles. The van der Waals surface area contributed by atoms with E-state index in [2.05, 4.69) is 21.2 Å². The molecule has 20 heavy (non-hydrogen) atoms. The molecule has 0 spiro atoms. The molecule has 0 bridgehead atoms. The summed E-state index contributed by atoms with van der Waals surface area (Å²) in [5, 5.41) is 11.9. The topological polar surface area (TPSA) is 58.6 Å². The quantitative estimate of drug-likeness (QED) is 0.882. The summed E-state index contributed by atoms with van der Waals surface area (Å²) >= 11 is 3.30. The van der Waals surface area contributed by atoms with Crippen LogP contribution >= 0.6 is 15.9 Å². The fourth-order valence-electron chi connectivity index (χ4n) is 1.74. The van der Waals surface area contributed by atoms with Gasteiger partial charge in [0.15, 0.2) is 0 Å². The number of rotatable bonds is 4. The normalized spacial score (nSPS) is 10.2. The predicted molar refractivity (Wildman–Crippen MR) is 77.3 cm³/mol. The van der Waals surface area contributed by atoms with E-state index < -0.39 is 11.8 Å². The largest absolute Gasteiger partial charge is 0.495 e. The van der Waals surface area contributed by atoms with E-state index in [1.807, 2.05) is 0 Å². The van der Waals surface area contributed by atoms with Gasteiger partial charge >= 0.3 is 5.97 Å². The Morgan fingerprint density at radius 3 is 2.75 bits per heavy atom. The number of nitrogens with one attached hydrogen (secondary N) is 1. The van der Waals surface area contributed by atoms with E-state index in [0.29, 0.717) is 11.4 Å². The number of benzene rings is 2. The van der Waals surface area contributed by atoms with Crippen molar-refractivity contribution in [3.63, 3.8) is 0 Å². The second-order valence-electron chi connectivity index (χ2n) is 3.94. The monoisotopic (exact) mass is 339 g/mol. The van der Waals surface area contributed by atoms with Crippen LogP contribution in [-0.2, 0) is 0 Å². The molecule has 104 valence electrons. The number of halogens is 2. The summed E-state index contributed by atoms with van der Waals surface area (Å²) in [6.45, 7) is 0. The third-order valence-corrected chi connectivity index (χ3v) is 3.16. The minimum absolute atomic E-state index is 0.101. The van der Waals surface area contributed by atoms with Crippen molar-refractivity contribution in [1.82, 2.24) is 0 Å². The molecule has 0 aromatic heterocycles. The van der Waals surface area contributed by atoms with Crippen molar-refractivity contribution in [1.29, 1.82) is 0 Å². The Morgan fingerprint density at radius 1 is 1.35 bits per heavy atom. The summed E-state index contributed by atoms with van der Waals surface area (Å²) in [6.07, 6.45) is 0. The molecule has 4 nitrogen and oxygen atoms in total. The Kier molecular flexibility index (Phi) is 4.24. The Morgan fingerprint density at radius 2 is 2.10 bits per heavy atom. The lowest BCUT2D eigenvalue weighted by atomic mass is 10.1. The van der Waals surface area contributed by atoms with Crippen molar-refractivity contribution in [2.24, 2.45) is 0 Å². The molecule has 0 heterocycles. The Balaban J connectivity index is 2.50. The summed E-state index contributed by atoms with van der Waals surface area (Å²) in [5.41, 5.74) is 0.220. The number of hydrogen-bond acceptors (Lipinski definition) is 3. The third kappa shape index (κ3) is 2.91. The van der Waals surface area contributed by atoms with Gasteiger partial charge in [0.2, 0.25) is 0 Å². The van der Waals surface area contributed by atoms with Crippen LogP contribution in [0.3, 0.4) is 0 Å². The highest BCUT2D eigenvalue weighted by Gasteiger charge is 2.16. The molecular formula is C14H11BrFNO3. The highest BCUT2D eigenvalue weighted by atomic mass is 79.9. The van der Waals surface area contributed by atoms with Gasteiger partial charge in [-0.25, -0.2) is 9.18 Å². The minimum Gasteiger partial charge on any atom is -0.495 e. The average molecular weight is 340 g/mol. The van der Waals surface area contributed by atoms with E-state index in [4.69, 9.17) is 9.84 Å². The van der Waals surface area contributed by atoms with Crippen LogP contribution in [0.5, 0.6) is 5.75 Å². The first-order valence-electron chi connectivity index (χ1n) is 5.65. The first-order chi connectivity index (χ1) is 9.52. The molecule has 0 atom stereocenters. The van der Waals surface area contributed by atoms with E-state index in [1.165, 1.54) is 25.3 Å². The SMILES string of the molecule is COc1ccc(Br)cc1Nc1c(F)cccc1C(=O)O. The maximum Gasteiger partial charge on any atom is 0.337 e. The lowest BCUT2D eigenvalue weighted by Crippen LogP contribution is -2.05. The van der Waals surface area contributed by atoms with E-state index in [0.717, 1.165) is 4.47 Å². The van der Waals surface area contributed by atoms with E-state index >= 15 is 0 Å². The van der Waals surface area contributed by atoms with Crippen LogP contribution in [0.25, 0.3) is 0 Å². The van der Waals surface area contributed by atoms with Crippen LogP contribution in [0, 0.1) is 5.82 Å². The molecule has 0 aliphatic rings. The Hall–Kier alpha value is -2.08. The zero-order valence-corrected chi connectivity index (χ0v) is 12.1. The molecule has 0 aliphatic heterocycles. The Bertz CT molecular complexity index is 661. The van der Waals surface area contributed by atoms with Gasteiger partial charge in [0, 0.05) is 4.47 Å². The van der Waals surface area contributed by atoms with Crippen LogP contribution in [0.2, 0.25) is 0 Å². The van der Waals surface area contributed by atoms with Gasteiger partial charge in [-0.3, -0.25) is 0 Å². The molecule has 0 saturated heterocycles. The summed E-state index contributed by atoms with van der Waals surface area (Å²) in [4.78, 5) is 11.1. The lowest BCUT2D eigenvalue weighted by Gasteiger charge is -2.14. The molecule has 2 aromatic rings. The van der Waals surface area contributed by atoms with Crippen molar-refractivity contribution in [3.8, 4) is 5.75 Å². The van der Waals surface area contributed by atoms with Gasteiger partial charge in [0.05, 0.1) is 24.0 Å². The zero-order valence-electron chi connectivity index (χ0n) is 10.5. The number of carbonyl (C=O) groups is 1. The standard InChI is InChI=1S/C14H11BrFNO3/c1-20-12-6-5-8(15)7-11(12)17-13-9(14(18)19)3-2-4-10(13)16/h2-7,17H,1H3,(H,18,19). The summed E-state index contributed by atoms with van der Waals surface area (Å²) in [6, 6.07) is 9.01. The lowest BCUT2D eigenvalue weighted by molar-refractivity contribution is 0.0697. The van der Waals surface area contributed by atoms with Gasteiger partial charge in [-0.15, -0.1) is 0 Å². The molecule has 2 N–H and O–H groups in total. The number of methoxy groups -OCH3 is 1. The number of aromatic carboxylic acids is 1. The fourth-order valence-corrected chi connectivity index (χ4v) is 2.10. The van der Waals surface area contributed by atoms with E-state index in [-0.39, 0.29) is 11.3 Å². The molecule has 6 heteroatoms. The molecule has 0 amide bonds. The van der Waals surface area contributed by atoms with Crippen molar-refractivity contribution in [2.75, 3.05) is 12.4 Å². The van der Waals surface area contributed by atoms with Gasteiger partial charge in [-0.2, -0.15) is 0 Å². The smallest absolute Gasteiger partial charge is 0.337 e. The molecule has 2 aromatic carbocycles. The number of para-hydroxylation sites is 1. The van der Waals surface area contributed by atoms with Crippen LogP contribution in [-0.4, -0.2) is 18.2 Å². The van der Waals surface area contributed by atoms with Gasteiger partial charge < -0.3 is 15.2 Å². The maximum absolute atomic E-state index is 13.9. The second-order valence-corrected chi connectivity index (χ2v) is 4.85. The van der Waals surface area contributed by atoms with Gasteiger partial charge in [-0.1, -0.05) is 22.0 Å². The first-order valence-corrected chi connectivity index (χ1v) is 6.44. The molecule has 0 unspecified atom stereocenters. The molecule has 0 radical (unpaired) electrons. The number of ether oxygens (including phenoxy) is 1. The molecule has 0 saturated carbocycles. The van der Waals surface area contributed by atoms with Crippen molar-refractivity contribution < 1.29 is 19.0 Å². The third-order valence-electron chi connectivity index (χ3n) is 2.67. The number of carboxylic acids is 1. The van der Waals surface area contributed by atoms with Crippen LogP contribution in [0.15, 0.2) is 40.9 Å². The van der Waals surface area contributed by atoms with Crippen molar-refractivity contribution >= 4 is 33.3 Å². The fraction of sp³-hybridized carbons (Fsp3) is 0.0714. The van der Waals surface area contributed by atoms with Gasteiger partial charge in [0.1, 0.15) is 11.6 Å².